The number of likely N-dealkylation sites (tertiary alicyclic amines) is 1. The molecule has 0 aromatic heterocycles. The van der Waals surface area contributed by atoms with Crippen LogP contribution in [0.15, 0.2) is 12.3 Å². The maximum atomic E-state index is 12.3. The average Bonchev–Trinajstić information content (AvgIpc) is 2.86. The SMILES string of the molecule is C=C1CCCN1[C@@H](CC)C(=O)CC(=O)CCCCCCC. The molecule has 0 bridgehead atoms. The first-order valence-corrected chi connectivity index (χ1v) is 8.59. The molecule has 1 heterocycles. The Hall–Kier alpha value is -1.12. The van der Waals surface area contributed by atoms with Gasteiger partial charge < -0.3 is 4.90 Å². The van der Waals surface area contributed by atoms with Crippen molar-refractivity contribution in [2.75, 3.05) is 6.54 Å². The first-order chi connectivity index (χ1) is 10.1. The summed E-state index contributed by atoms with van der Waals surface area (Å²) in [6.07, 6.45) is 9.18. The van der Waals surface area contributed by atoms with Crippen LogP contribution in [0.1, 0.15) is 78.1 Å². The molecule has 1 rings (SSSR count). The van der Waals surface area contributed by atoms with Gasteiger partial charge in [-0.25, -0.2) is 0 Å². The van der Waals surface area contributed by atoms with E-state index >= 15 is 0 Å². The number of ketones is 2. The van der Waals surface area contributed by atoms with Gasteiger partial charge in [0.15, 0.2) is 5.78 Å². The maximum Gasteiger partial charge on any atom is 0.162 e. The molecule has 0 aliphatic carbocycles. The van der Waals surface area contributed by atoms with E-state index in [9.17, 15) is 9.59 Å². The quantitative estimate of drug-likeness (QED) is 0.422. The van der Waals surface area contributed by atoms with Crippen LogP contribution in [-0.2, 0) is 9.59 Å². The Morgan fingerprint density at radius 2 is 1.90 bits per heavy atom. The normalized spacial score (nSPS) is 16.3. The zero-order valence-corrected chi connectivity index (χ0v) is 13.8. The van der Waals surface area contributed by atoms with Gasteiger partial charge in [0.05, 0.1) is 12.5 Å². The fourth-order valence-electron chi connectivity index (χ4n) is 3.08. The van der Waals surface area contributed by atoms with Crippen molar-refractivity contribution in [3.05, 3.63) is 12.3 Å². The summed E-state index contributed by atoms with van der Waals surface area (Å²) >= 11 is 0. The number of Topliss-reactive ketones (excluding diaryl/α,β-unsaturated/α-hetero) is 2. The highest BCUT2D eigenvalue weighted by atomic mass is 16.1. The molecular weight excluding hydrogens is 262 g/mol. The summed E-state index contributed by atoms with van der Waals surface area (Å²) in [7, 11) is 0. The van der Waals surface area contributed by atoms with Gasteiger partial charge in [-0.2, -0.15) is 0 Å². The molecule has 1 fully saturated rings. The predicted molar refractivity (Wildman–Crippen MR) is 87.2 cm³/mol. The Labute approximate surface area is 129 Å². The molecule has 0 saturated carbocycles. The van der Waals surface area contributed by atoms with E-state index in [2.05, 4.69) is 18.4 Å². The molecule has 0 aromatic carbocycles. The van der Waals surface area contributed by atoms with E-state index < -0.39 is 0 Å². The number of carbonyl (C=O) groups excluding carboxylic acids is 2. The summed E-state index contributed by atoms with van der Waals surface area (Å²) in [5, 5.41) is 0. The van der Waals surface area contributed by atoms with Crippen LogP contribution in [-0.4, -0.2) is 29.1 Å². The van der Waals surface area contributed by atoms with E-state index in [4.69, 9.17) is 0 Å². The van der Waals surface area contributed by atoms with E-state index in [1.165, 1.54) is 19.3 Å². The number of nitrogens with zero attached hydrogens (tertiary/aromatic N) is 1. The maximum absolute atomic E-state index is 12.3. The summed E-state index contributed by atoms with van der Waals surface area (Å²) in [5.74, 6) is 0.193. The van der Waals surface area contributed by atoms with Crippen molar-refractivity contribution in [2.24, 2.45) is 0 Å². The lowest BCUT2D eigenvalue weighted by atomic mass is 10.00. The molecular formula is C18H31NO2. The minimum atomic E-state index is -0.135. The molecule has 3 heteroatoms. The standard InChI is InChI=1S/C18H31NO2/c1-4-6-7-8-9-12-16(20)14-18(21)17(5-2)19-13-10-11-15(19)3/h17H,3-14H2,1-2H3/t17-/m0/s1. The molecule has 0 amide bonds. The molecule has 3 nitrogen and oxygen atoms in total. The van der Waals surface area contributed by atoms with Gasteiger partial charge in [0.1, 0.15) is 5.78 Å². The number of allylic oxidation sites excluding steroid dienone is 1. The van der Waals surface area contributed by atoms with Crippen molar-refractivity contribution in [1.82, 2.24) is 4.90 Å². The molecule has 0 radical (unpaired) electrons. The third-order valence-electron chi connectivity index (χ3n) is 4.34. The van der Waals surface area contributed by atoms with E-state index in [1.54, 1.807) is 0 Å². The van der Waals surface area contributed by atoms with Gasteiger partial charge in [0.25, 0.3) is 0 Å². The van der Waals surface area contributed by atoms with Crippen LogP contribution in [0.25, 0.3) is 0 Å². The Balaban J connectivity index is 2.32. The largest absolute Gasteiger partial charge is 0.365 e. The summed E-state index contributed by atoms with van der Waals surface area (Å²) < 4.78 is 0. The second-order valence-electron chi connectivity index (χ2n) is 6.13. The van der Waals surface area contributed by atoms with Crippen molar-refractivity contribution < 1.29 is 9.59 Å². The van der Waals surface area contributed by atoms with Gasteiger partial charge in [-0.05, 0) is 25.7 Å². The van der Waals surface area contributed by atoms with Gasteiger partial charge in [-0.1, -0.05) is 46.1 Å². The van der Waals surface area contributed by atoms with Crippen LogP contribution in [0.3, 0.4) is 0 Å². The molecule has 0 unspecified atom stereocenters. The van der Waals surface area contributed by atoms with E-state index in [0.29, 0.717) is 6.42 Å². The van der Waals surface area contributed by atoms with Crippen LogP contribution < -0.4 is 0 Å². The highest BCUT2D eigenvalue weighted by Gasteiger charge is 2.28. The number of hydrogen-bond donors (Lipinski definition) is 0. The van der Waals surface area contributed by atoms with Crippen LogP contribution in [0.4, 0.5) is 0 Å². The average molecular weight is 293 g/mol. The van der Waals surface area contributed by atoms with Crippen molar-refractivity contribution in [3.8, 4) is 0 Å². The molecule has 0 spiro atoms. The zero-order chi connectivity index (χ0) is 15.7. The van der Waals surface area contributed by atoms with Gasteiger partial charge in [-0.3, -0.25) is 9.59 Å². The molecule has 120 valence electrons. The first-order valence-electron chi connectivity index (χ1n) is 8.59. The van der Waals surface area contributed by atoms with E-state index in [0.717, 1.165) is 44.3 Å². The lowest BCUT2D eigenvalue weighted by Crippen LogP contribution is -2.38. The smallest absolute Gasteiger partial charge is 0.162 e. The highest BCUT2D eigenvalue weighted by molar-refractivity contribution is 6.01. The zero-order valence-electron chi connectivity index (χ0n) is 13.8. The summed E-state index contributed by atoms with van der Waals surface area (Å²) in [6.45, 7) is 9.14. The van der Waals surface area contributed by atoms with Crippen molar-refractivity contribution in [1.29, 1.82) is 0 Å². The number of carbonyl (C=O) groups is 2. The lowest BCUT2D eigenvalue weighted by Gasteiger charge is -2.28. The van der Waals surface area contributed by atoms with Crippen LogP contribution in [0.2, 0.25) is 0 Å². The van der Waals surface area contributed by atoms with E-state index in [1.807, 2.05) is 6.92 Å². The van der Waals surface area contributed by atoms with Gasteiger partial charge >= 0.3 is 0 Å². The van der Waals surface area contributed by atoms with Crippen LogP contribution in [0, 0.1) is 0 Å². The van der Waals surface area contributed by atoms with Crippen LogP contribution in [0.5, 0.6) is 0 Å². The monoisotopic (exact) mass is 293 g/mol. The summed E-state index contributed by atoms with van der Waals surface area (Å²) in [6, 6.07) is -0.135. The fraction of sp³-hybridized carbons (Fsp3) is 0.778. The Bertz CT molecular complexity index is 362. The number of hydrogen-bond acceptors (Lipinski definition) is 3. The third kappa shape index (κ3) is 6.03. The molecule has 1 aliphatic heterocycles. The number of unbranched alkanes of at least 4 members (excludes halogenated alkanes) is 4. The van der Waals surface area contributed by atoms with Crippen molar-refractivity contribution in [3.63, 3.8) is 0 Å². The third-order valence-corrected chi connectivity index (χ3v) is 4.34. The Morgan fingerprint density at radius 3 is 2.48 bits per heavy atom. The molecule has 1 atom stereocenters. The lowest BCUT2D eigenvalue weighted by molar-refractivity contribution is -0.129. The second kappa shape index (κ2) is 9.75. The molecule has 1 saturated heterocycles. The van der Waals surface area contributed by atoms with Gasteiger partial charge in [-0.15, -0.1) is 0 Å². The second-order valence-corrected chi connectivity index (χ2v) is 6.13. The highest BCUT2D eigenvalue weighted by Crippen LogP contribution is 2.24. The minimum absolute atomic E-state index is 0.0825. The topological polar surface area (TPSA) is 37.4 Å². The van der Waals surface area contributed by atoms with Gasteiger partial charge in [0.2, 0.25) is 0 Å². The Kier molecular flexibility index (Phi) is 8.33. The summed E-state index contributed by atoms with van der Waals surface area (Å²) in [5.41, 5.74) is 1.06. The predicted octanol–water partition coefficient (Wildman–Crippen LogP) is 4.26. The minimum Gasteiger partial charge on any atom is -0.365 e. The molecule has 0 aromatic rings. The van der Waals surface area contributed by atoms with Crippen molar-refractivity contribution >= 4 is 11.6 Å². The fourth-order valence-corrected chi connectivity index (χ4v) is 3.08. The first kappa shape index (κ1) is 17.9. The molecule has 1 aliphatic rings. The summed E-state index contributed by atoms with van der Waals surface area (Å²) in [4.78, 5) is 26.4. The van der Waals surface area contributed by atoms with E-state index in [-0.39, 0.29) is 24.0 Å². The van der Waals surface area contributed by atoms with Crippen LogP contribution >= 0.6 is 0 Å². The number of rotatable bonds is 11. The van der Waals surface area contributed by atoms with Gasteiger partial charge in [0, 0.05) is 18.7 Å². The molecule has 21 heavy (non-hydrogen) atoms. The molecule has 0 N–H and O–H groups in total. The van der Waals surface area contributed by atoms with Crippen molar-refractivity contribution in [2.45, 2.75) is 84.1 Å². The Morgan fingerprint density at radius 1 is 1.19 bits per heavy atom.